The number of benzene rings is 1. The monoisotopic (exact) mass is 259 g/mol. The molecule has 0 radical (unpaired) electrons. The standard InChI is InChI=1S/C16H22N2O/c1-12-6-8-18(9-7-12)11-16(19)14-10-17-15-5-3-2-4-13(14)15/h2-5,10,12,16-17,19H,6-9,11H2,1H3/p+1/t16-/m0/s1. The van der Waals surface area contributed by atoms with Crippen LogP contribution in [0.1, 0.15) is 31.4 Å². The Morgan fingerprint density at radius 3 is 2.84 bits per heavy atom. The van der Waals surface area contributed by atoms with Crippen molar-refractivity contribution in [1.29, 1.82) is 0 Å². The van der Waals surface area contributed by atoms with E-state index in [1.54, 1.807) is 0 Å². The van der Waals surface area contributed by atoms with E-state index in [4.69, 9.17) is 0 Å². The summed E-state index contributed by atoms with van der Waals surface area (Å²) < 4.78 is 0. The number of rotatable bonds is 3. The summed E-state index contributed by atoms with van der Waals surface area (Å²) in [5.41, 5.74) is 2.15. The van der Waals surface area contributed by atoms with Crippen LogP contribution in [0.2, 0.25) is 0 Å². The first-order valence-electron chi connectivity index (χ1n) is 7.31. The summed E-state index contributed by atoms with van der Waals surface area (Å²) >= 11 is 0. The zero-order chi connectivity index (χ0) is 13.2. The highest BCUT2D eigenvalue weighted by Gasteiger charge is 2.23. The predicted octanol–water partition coefficient (Wildman–Crippen LogP) is 1.52. The molecule has 0 saturated carbocycles. The zero-order valence-electron chi connectivity index (χ0n) is 11.5. The van der Waals surface area contributed by atoms with Gasteiger partial charge in [-0.05, 0) is 24.8 Å². The molecule has 2 aromatic rings. The Hall–Kier alpha value is -1.32. The van der Waals surface area contributed by atoms with E-state index in [1.165, 1.54) is 30.8 Å². The van der Waals surface area contributed by atoms with Crippen molar-refractivity contribution in [1.82, 2.24) is 4.98 Å². The van der Waals surface area contributed by atoms with E-state index in [0.29, 0.717) is 0 Å². The zero-order valence-corrected chi connectivity index (χ0v) is 11.5. The van der Waals surface area contributed by atoms with Crippen LogP contribution in [0, 0.1) is 5.92 Å². The summed E-state index contributed by atoms with van der Waals surface area (Å²) in [4.78, 5) is 4.78. The summed E-state index contributed by atoms with van der Waals surface area (Å²) in [6.07, 6.45) is 4.17. The lowest BCUT2D eigenvalue weighted by molar-refractivity contribution is -0.909. The number of aromatic nitrogens is 1. The molecule has 3 heteroatoms. The van der Waals surface area contributed by atoms with Crippen molar-refractivity contribution in [2.45, 2.75) is 25.9 Å². The molecule has 1 fully saturated rings. The van der Waals surface area contributed by atoms with Gasteiger partial charge in [0.25, 0.3) is 0 Å². The molecule has 1 aromatic heterocycles. The highest BCUT2D eigenvalue weighted by molar-refractivity contribution is 5.83. The van der Waals surface area contributed by atoms with Gasteiger partial charge in [-0.25, -0.2) is 0 Å². The summed E-state index contributed by atoms with van der Waals surface area (Å²) in [6.45, 7) is 5.54. The van der Waals surface area contributed by atoms with Crippen molar-refractivity contribution in [3.63, 3.8) is 0 Å². The molecule has 0 bridgehead atoms. The third-order valence-corrected chi connectivity index (χ3v) is 4.44. The van der Waals surface area contributed by atoms with Crippen LogP contribution < -0.4 is 4.90 Å². The summed E-state index contributed by atoms with van der Waals surface area (Å²) in [5, 5.41) is 11.6. The quantitative estimate of drug-likeness (QED) is 0.768. The molecular weight excluding hydrogens is 236 g/mol. The summed E-state index contributed by atoms with van der Waals surface area (Å²) in [7, 11) is 0. The van der Waals surface area contributed by atoms with Crippen molar-refractivity contribution in [2.75, 3.05) is 19.6 Å². The first-order valence-corrected chi connectivity index (χ1v) is 7.31. The Morgan fingerprint density at radius 1 is 1.32 bits per heavy atom. The molecule has 0 unspecified atom stereocenters. The molecular formula is C16H23N2O+. The largest absolute Gasteiger partial charge is 0.382 e. The number of aromatic amines is 1. The molecule has 1 aliphatic heterocycles. The maximum absolute atomic E-state index is 10.5. The molecule has 1 aromatic carbocycles. The number of aliphatic hydroxyl groups is 1. The first kappa shape index (κ1) is 12.7. The van der Waals surface area contributed by atoms with Gasteiger partial charge in [-0.1, -0.05) is 25.1 Å². The van der Waals surface area contributed by atoms with E-state index in [1.807, 2.05) is 18.3 Å². The van der Waals surface area contributed by atoms with Crippen LogP contribution >= 0.6 is 0 Å². The predicted molar refractivity (Wildman–Crippen MR) is 77.2 cm³/mol. The van der Waals surface area contributed by atoms with Crippen LogP contribution in [0.25, 0.3) is 10.9 Å². The molecule has 2 heterocycles. The number of likely N-dealkylation sites (tertiary alicyclic amines) is 1. The molecule has 19 heavy (non-hydrogen) atoms. The summed E-state index contributed by atoms with van der Waals surface area (Å²) in [5.74, 6) is 0.856. The van der Waals surface area contributed by atoms with Gasteiger partial charge in [0, 0.05) is 22.7 Å². The molecule has 1 saturated heterocycles. The number of H-pyrrole nitrogens is 1. The second-order valence-electron chi connectivity index (χ2n) is 5.94. The van der Waals surface area contributed by atoms with Gasteiger partial charge in [0.15, 0.2) is 0 Å². The van der Waals surface area contributed by atoms with Crippen LogP contribution in [0.5, 0.6) is 0 Å². The van der Waals surface area contributed by atoms with E-state index in [2.05, 4.69) is 24.0 Å². The van der Waals surface area contributed by atoms with Gasteiger partial charge in [0.1, 0.15) is 12.6 Å². The highest BCUT2D eigenvalue weighted by Crippen LogP contribution is 2.23. The molecule has 3 nitrogen and oxygen atoms in total. The number of quaternary nitrogens is 1. The number of hydrogen-bond acceptors (Lipinski definition) is 1. The maximum atomic E-state index is 10.5. The topological polar surface area (TPSA) is 40.5 Å². The van der Waals surface area contributed by atoms with Gasteiger partial charge in [-0.3, -0.25) is 0 Å². The Bertz CT molecular complexity index is 540. The van der Waals surface area contributed by atoms with E-state index in [-0.39, 0.29) is 6.10 Å². The van der Waals surface area contributed by atoms with Crippen LogP contribution in [0.3, 0.4) is 0 Å². The number of para-hydroxylation sites is 1. The third-order valence-electron chi connectivity index (χ3n) is 4.44. The minimum Gasteiger partial charge on any atom is -0.382 e. The van der Waals surface area contributed by atoms with E-state index in [9.17, 15) is 5.11 Å². The van der Waals surface area contributed by atoms with E-state index < -0.39 is 0 Å². The van der Waals surface area contributed by atoms with Gasteiger partial charge < -0.3 is 15.0 Å². The van der Waals surface area contributed by atoms with Crippen LogP contribution in [-0.4, -0.2) is 29.7 Å². The second-order valence-corrected chi connectivity index (χ2v) is 5.94. The Morgan fingerprint density at radius 2 is 2.05 bits per heavy atom. The van der Waals surface area contributed by atoms with Gasteiger partial charge >= 0.3 is 0 Å². The molecule has 0 amide bonds. The van der Waals surface area contributed by atoms with Gasteiger partial charge in [-0.15, -0.1) is 0 Å². The smallest absolute Gasteiger partial charge is 0.130 e. The molecule has 0 aliphatic carbocycles. The molecule has 1 atom stereocenters. The normalized spacial score (nSPS) is 25.6. The second kappa shape index (κ2) is 5.35. The number of hydrogen-bond donors (Lipinski definition) is 3. The van der Waals surface area contributed by atoms with Crippen LogP contribution in [0.15, 0.2) is 30.5 Å². The fraction of sp³-hybridized carbons (Fsp3) is 0.500. The fourth-order valence-electron chi connectivity index (χ4n) is 3.13. The molecule has 1 aliphatic rings. The van der Waals surface area contributed by atoms with Gasteiger partial charge in [-0.2, -0.15) is 0 Å². The van der Waals surface area contributed by atoms with Crippen molar-refractivity contribution >= 4 is 10.9 Å². The Labute approximate surface area is 114 Å². The Kier molecular flexibility index (Phi) is 3.58. The van der Waals surface area contributed by atoms with Gasteiger partial charge in [0.2, 0.25) is 0 Å². The first-order chi connectivity index (χ1) is 9.24. The lowest BCUT2D eigenvalue weighted by Crippen LogP contribution is -3.13. The van der Waals surface area contributed by atoms with Gasteiger partial charge in [0.05, 0.1) is 13.1 Å². The van der Waals surface area contributed by atoms with Crippen LogP contribution in [-0.2, 0) is 0 Å². The summed E-state index contributed by atoms with van der Waals surface area (Å²) in [6, 6.07) is 8.19. The van der Waals surface area contributed by atoms with Crippen LogP contribution in [0.4, 0.5) is 0 Å². The number of fused-ring (bicyclic) bond motifs is 1. The van der Waals surface area contributed by atoms with Crippen molar-refractivity contribution in [2.24, 2.45) is 5.92 Å². The average molecular weight is 259 g/mol. The fourth-order valence-corrected chi connectivity index (χ4v) is 3.13. The molecule has 102 valence electrons. The lowest BCUT2D eigenvalue weighted by atomic mass is 9.98. The number of nitrogens with one attached hydrogen (secondary N) is 2. The lowest BCUT2D eigenvalue weighted by Gasteiger charge is -2.28. The van der Waals surface area contributed by atoms with Crippen molar-refractivity contribution in [3.05, 3.63) is 36.0 Å². The Balaban J connectivity index is 1.71. The number of piperidine rings is 1. The SMILES string of the molecule is CC1CC[NH+](C[C@H](O)c2c[nH]c3ccccc23)CC1. The molecule has 3 N–H and O–H groups in total. The van der Waals surface area contributed by atoms with E-state index in [0.717, 1.165) is 28.9 Å². The highest BCUT2D eigenvalue weighted by atomic mass is 16.3. The third kappa shape index (κ3) is 2.67. The minimum atomic E-state index is -0.362. The minimum absolute atomic E-state index is 0.362. The van der Waals surface area contributed by atoms with E-state index >= 15 is 0 Å². The van der Waals surface area contributed by atoms with Crippen molar-refractivity contribution < 1.29 is 10.0 Å². The average Bonchev–Trinajstić information content (AvgIpc) is 2.85. The van der Waals surface area contributed by atoms with Crippen molar-refractivity contribution in [3.8, 4) is 0 Å². The molecule has 3 rings (SSSR count). The number of aliphatic hydroxyl groups excluding tert-OH is 1. The maximum Gasteiger partial charge on any atom is 0.130 e. The molecule has 0 spiro atoms.